The second-order valence-corrected chi connectivity index (χ2v) is 10.4. The van der Waals surface area contributed by atoms with Crippen LogP contribution < -0.4 is 10.5 Å². The average molecular weight is 486 g/mol. The van der Waals surface area contributed by atoms with E-state index in [-0.39, 0.29) is 11.5 Å². The number of carbonyl (C=O) groups is 3. The van der Waals surface area contributed by atoms with E-state index in [0.717, 1.165) is 25.7 Å². The topological polar surface area (TPSA) is 115 Å². The highest BCUT2D eigenvalue weighted by Crippen LogP contribution is 2.28. The van der Waals surface area contributed by atoms with Crippen molar-refractivity contribution in [2.24, 2.45) is 11.7 Å². The molecule has 0 radical (unpaired) electrons. The number of Topliss-reactive ketones (excluding diaryl/α,β-unsaturated/α-hetero) is 1. The molecule has 0 saturated heterocycles. The Balaban J connectivity index is 1.95. The van der Waals surface area contributed by atoms with Crippen molar-refractivity contribution in [3.63, 3.8) is 0 Å². The van der Waals surface area contributed by atoms with Gasteiger partial charge in [-0.2, -0.15) is 0 Å². The number of rotatable bonds is 10. The quantitative estimate of drug-likeness (QED) is 0.296. The van der Waals surface area contributed by atoms with E-state index >= 15 is 0 Å². The summed E-state index contributed by atoms with van der Waals surface area (Å²) in [6.07, 6.45) is 7.74. The molecule has 1 atom stereocenters. The lowest BCUT2D eigenvalue weighted by atomic mass is 9.88. The molecule has 3 rings (SSSR count). The fourth-order valence-corrected chi connectivity index (χ4v) is 4.75. The van der Waals surface area contributed by atoms with Gasteiger partial charge in [-0.15, -0.1) is 0 Å². The fourth-order valence-electron chi connectivity index (χ4n) is 4.75. The Hall–Kier alpha value is -2.87. The minimum absolute atomic E-state index is 0.246. The van der Waals surface area contributed by atoms with Crippen LogP contribution in [-0.4, -0.2) is 59.4 Å². The number of ether oxygens (including phenoxy) is 2. The summed E-state index contributed by atoms with van der Waals surface area (Å²) in [5.41, 5.74) is 6.02. The van der Waals surface area contributed by atoms with E-state index in [1.54, 1.807) is 52.3 Å². The molecule has 8 heteroatoms. The molecule has 8 nitrogen and oxygen atoms in total. The van der Waals surface area contributed by atoms with Gasteiger partial charge in [0.15, 0.2) is 0 Å². The summed E-state index contributed by atoms with van der Waals surface area (Å²) in [6.45, 7) is 6.12. The number of aromatic nitrogens is 1. The van der Waals surface area contributed by atoms with Crippen LogP contribution in [0, 0.1) is 5.92 Å². The van der Waals surface area contributed by atoms with Gasteiger partial charge in [0.2, 0.25) is 0 Å². The number of nitrogens with zero attached hydrogens (tertiary/aromatic N) is 1. The van der Waals surface area contributed by atoms with Crippen LogP contribution in [0.25, 0.3) is 10.9 Å². The van der Waals surface area contributed by atoms with Crippen molar-refractivity contribution < 1.29 is 23.9 Å². The Bertz CT molecular complexity index is 1030. The predicted molar refractivity (Wildman–Crippen MR) is 135 cm³/mol. The standard InChI is InChI=1S/C27H39N3O5/c1-27(2,3)35-26(33)23(11-8-14-28)30(17-18-9-6-5-7-10-18)25(32)24(31)21-16-29-22-15-19(34-4)12-13-20(21)22/h12-13,15-16,18,23,29H,5-11,14,17,28H2,1-4H3/t23-/m0/s1. The number of nitrogens with one attached hydrogen (secondary N) is 1. The lowest BCUT2D eigenvalue weighted by molar-refractivity contribution is -0.164. The van der Waals surface area contributed by atoms with Gasteiger partial charge in [0.1, 0.15) is 17.4 Å². The number of aromatic amines is 1. The van der Waals surface area contributed by atoms with Crippen molar-refractivity contribution in [1.82, 2.24) is 9.88 Å². The van der Waals surface area contributed by atoms with Crippen molar-refractivity contribution >= 4 is 28.6 Å². The van der Waals surface area contributed by atoms with Gasteiger partial charge in [0.25, 0.3) is 11.7 Å². The smallest absolute Gasteiger partial charge is 0.329 e. The third kappa shape index (κ3) is 6.84. The summed E-state index contributed by atoms with van der Waals surface area (Å²) < 4.78 is 10.9. The minimum atomic E-state index is -0.860. The number of hydrogen-bond acceptors (Lipinski definition) is 6. The molecule has 0 bridgehead atoms. The number of hydrogen-bond donors (Lipinski definition) is 2. The summed E-state index contributed by atoms with van der Waals surface area (Å²) in [6, 6.07) is 4.43. The Morgan fingerprint density at radius 1 is 1.17 bits per heavy atom. The Morgan fingerprint density at radius 2 is 1.89 bits per heavy atom. The van der Waals surface area contributed by atoms with E-state index in [1.165, 1.54) is 11.3 Å². The Morgan fingerprint density at radius 3 is 2.51 bits per heavy atom. The molecule has 1 saturated carbocycles. The lowest BCUT2D eigenvalue weighted by Crippen LogP contribution is -2.51. The van der Waals surface area contributed by atoms with Gasteiger partial charge >= 0.3 is 5.97 Å². The number of methoxy groups -OCH3 is 1. The summed E-state index contributed by atoms with van der Waals surface area (Å²) in [4.78, 5) is 45.1. The highest BCUT2D eigenvalue weighted by atomic mass is 16.6. The number of amides is 1. The molecule has 2 aromatic rings. The molecule has 0 spiro atoms. The number of ketones is 1. The third-order valence-corrected chi connectivity index (χ3v) is 6.51. The Labute approximate surface area is 207 Å². The summed E-state index contributed by atoms with van der Waals surface area (Å²) in [7, 11) is 1.57. The third-order valence-electron chi connectivity index (χ3n) is 6.51. The van der Waals surface area contributed by atoms with Crippen LogP contribution >= 0.6 is 0 Å². The molecule has 1 aliphatic rings. The van der Waals surface area contributed by atoms with Gasteiger partial charge in [-0.1, -0.05) is 19.3 Å². The molecular formula is C27H39N3O5. The second kappa shape index (κ2) is 11.7. The predicted octanol–water partition coefficient (Wildman–Crippen LogP) is 4.22. The maximum atomic E-state index is 13.8. The maximum absolute atomic E-state index is 13.8. The summed E-state index contributed by atoms with van der Waals surface area (Å²) in [5.74, 6) is -0.920. The summed E-state index contributed by atoms with van der Waals surface area (Å²) in [5, 5.41) is 0.637. The molecular weight excluding hydrogens is 446 g/mol. The summed E-state index contributed by atoms with van der Waals surface area (Å²) >= 11 is 0. The first kappa shape index (κ1) is 26.7. The number of fused-ring (bicyclic) bond motifs is 1. The van der Waals surface area contributed by atoms with Gasteiger partial charge in [0.05, 0.1) is 12.7 Å². The van der Waals surface area contributed by atoms with Gasteiger partial charge in [-0.25, -0.2) is 4.79 Å². The van der Waals surface area contributed by atoms with E-state index < -0.39 is 29.3 Å². The molecule has 1 heterocycles. The maximum Gasteiger partial charge on any atom is 0.329 e. The second-order valence-electron chi connectivity index (χ2n) is 10.4. The lowest BCUT2D eigenvalue weighted by Gasteiger charge is -2.35. The molecule has 0 unspecified atom stereocenters. The van der Waals surface area contributed by atoms with Gasteiger partial charge < -0.3 is 25.1 Å². The van der Waals surface area contributed by atoms with E-state index in [4.69, 9.17) is 15.2 Å². The van der Waals surface area contributed by atoms with Crippen molar-refractivity contribution in [1.29, 1.82) is 0 Å². The van der Waals surface area contributed by atoms with E-state index in [9.17, 15) is 14.4 Å². The largest absolute Gasteiger partial charge is 0.497 e. The molecule has 192 valence electrons. The SMILES string of the molecule is COc1ccc2c(C(=O)C(=O)N(CC3CCCCC3)[C@@H](CCCN)C(=O)OC(C)(C)C)c[nH]c2c1. The van der Waals surface area contributed by atoms with Crippen LogP contribution in [0.4, 0.5) is 0 Å². The van der Waals surface area contributed by atoms with Crippen molar-refractivity contribution in [2.75, 3.05) is 20.2 Å². The molecule has 3 N–H and O–H groups in total. The van der Waals surface area contributed by atoms with Crippen LogP contribution in [0.15, 0.2) is 24.4 Å². The van der Waals surface area contributed by atoms with Gasteiger partial charge in [-0.05, 0) is 71.0 Å². The van der Waals surface area contributed by atoms with Crippen molar-refractivity contribution in [2.45, 2.75) is 77.4 Å². The molecule has 1 aliphatic carbocycles. The highest BCUT2D eigenvalue weighted by molar-refractivity contribution is 6.45. The fraction of sp³-hybridized carbons (Fsp3) is 0.593. The first-order valence-electron chi connectivity index (χ1n) is 12.6. The zero-order chi connectivity index (χ0) is 25.6. The van der Waals surface area contributed by atoms with Gasteiger partial charge in [-0.3, -0.25) is 9.59 Å². The average Bonchev–Trinajstić information content (AvgIpc) is 3.25. The number of nitrogens with two attached hydrogens (primary N) is 1. The number of carbonyl (C=O) groups excluding carboxylic acids is 3. The van der Waals surface area contributed by atoms with Gasteiger partial charge in [0, 0.05) is 29.7 Å². The molecule has 1 amide bonds. The van der Waals surface area contributed by atoms with E-state index in [2.05, 4.69) is 4.98 Å². The number of H-pyrrole nitrogens is 1. The first-order chi connectivity index (χ1) is 16.6. The van der Waals surface area contributed by atoms with Crippen molar-refractivity contribution in [3.05, 3.63) is 30.0 Å². The van der Waals surface area contributed by atoms with Crippen LogP contribution in [0.5, 0.6) is 5.75 Å². The zero-order valence-electron chi connectivity index (χ0n) is 21.4. The zero-order valence-corrected chi connectivity index (χ0v) is 21.4. The van der Waals surface area contributed by atoms with Crippen LogP contribution in [0.1, 0.15) is 76.1 Å². The molecule has 1 aromatic carbocycles. The minimum Gasteiger partial charge on any atom is -0.497 e. The Kier molecular flexibility index (Phi) is 8.94. The highest BCUT2D eigenvalue weighted by Gasteiger charge is 2.38. The van der Waals surface area contributed by atoms with Crippen molar-refractivity contribution in [3.8, 4) is 5.75 Å². The number of benzene rings is 1. The van der Waals surface area contributed by atoms with Crippen LogP contribution in [0.3, 0.4) is 0 Å². The molecule has 1 fully saturated rings. The molecule has 35 heavy (non-hydrogen) atoms. The van der Waals surface area contributed by atoms with E-state index in [1.807, 2.05) is 0 Å². The molecule has 1 aromatic heterocycles. The number of esters is 1. The normalized spacial score (nSPS) is 15.6. The monoisotopic (exact) mass is 485 g/mol. The van der Waals surface area contributed by atoms with E-state index in [0.29, 0.717) is 42.6 Å². The van der Waals surface area contributed by atoms with Crippen LogP contribution in [-0.2, 0) is 14.3 Å². The molecule has 0 aliphatic heterocycles. The first-order valence-corrected chi connectivity index (χ1v) is 12.6. The van der Waals surface area contributed by atoms with Crippen LogP contribution in [0.2, 0.25) is 0 Å².